The third-order valence-corrected chi connectivity index (χ3v) is 3.35. The molecule has 120 valence electrons. The zero-order valence-electron chi connectivity index (χ0n) is 12.8. The highest BCUT2D eigenvalue weighted by atomic mass is 19.1. The molecule has 5 heteroatoms. The highest BCUT2D eigenvalue weighted by Gasteiger charge is 2.22. The van der Waals surface area contributed by atoms with E-state index >= 15 is 0 Å². The van der Waals surface area contributed by atoms with E-state index in [0.717, 1.165) is 11.6 Å². The molecule has 0 aliphatic heterocycles. The Morgan fingerprint density at radius 2 is 2.09 bits per heavy atom. The molecule has 0 saturated heterocycles. The van der Waals surface area contributed by atoms with Gasteiger partial charge in [0.2, 0.25) is 0 Å². The lowest BCUT2D eigenvalue weighted by Gasteiger charge is -2.22. The molecule has 0 atom stereocenters. The fourth-order valence-electron chi connectivity index (χ4n) is 2.25. The van der Waals surface area contributed by atoms with Gasteiger partial charge in [-0.2, -0.15) is 0 Å². The van der Waals surface area contributed by atoms with Crippen molar-refractivity contribution < 1.29 is 19.0 Å². The number of benzene rings is 2. The average Bonchev–Trinajstić information content (AvgIpc) is 2.54. The number of aromatic hydroxyl groups is 1. The number of methoxy groups -OCH3 is 1. The van der Waals surface area contributed by atoms with Crippen LogP contribution in [0.3, 0.4) is 0 Å². The summed E-state index contributed by atoms with van der Waals surface area (Å²) in [4.78, 5) is 14.0. The summed E-state index contributed by atoms with van der Waals surface area (Å²) >= 11 is 0. The maximum Gasteiger partial charge on any atom is 0.261 e. The van der Waals surface area contributed by atoms with Crippen molar-refractivity contribution in [2.45, 2.75) is 6.54 Å². The number of amides is 1. The SMILES string of the molecule is C=CCN(Cc1cccc(OC)c1)C(=O)c1c(O)cccc1F. The van der Waals surface area contributed by atoms with Gasteiger partial charge in [-0.05, 0) is 29.8 Å². The van der Waals surface area contributed by atoms with E-state index < -0.39 is 11.7 Å². The van der Waals surface area contributed by atoms with Crippen LogP contribution in [0.15, 0.2) is 55.1 Å². The number of carbonyl (C=O) groups is 1. The molecule has 0 spiro atoms. The van der Waals surface area contributed by atoms with Gasteiger partial charge < -0.3 is 14.7 Å². The van der Waals surface area contributed by atoms with E-state index in [2.05, 4.69) is 6.58 Å². The molecule has 1 amide bonds. The summed E-state index contributed by atoms with van der Waals surface area (Å²) in [5.41, 5.74) is 0.493. The average molecular weight is 315 g/mol. The van der Waals surface area contributed by atoms with Gasteiger partial charge in [-0.1, -0.05) is 24.3 Å². The molecule has 0 heterocycles. The fourth-order valence-corrected chi connectivity index (χ4v) is 2.25. The molecule has 0 saturated carbocycles. The number of ether oxygens (including phenoxy) is 1. The second kappa shape index (κ2) is 7.45. The number of rotatable bonds is 6. The predicted molar refractivity (Wildman–Crippen MR) is 86.0 cm³/mol. The largest absolute Gasteiger partial charge is 0.507 e. The van der Waals surface area contributed by atoms with Gasteiger partial charge in [-0.25, -0.2) is 4.39 Å². The quantitative estimate of drug-likeness (QED) is 0.832. The summed E-state index contributed by atoms with van der Waals surface area (Å²) < 4.78 is 19.1. The van der Waals surface area contributed by atoms with Crippen LogP contribution in [0.4, 0.5) is 4.39 Å². The van der Waals surface area contributed by atoms with Crippen LogP contribution in [-0.2, 0) is 6.54 Å². The third-order valence-electron chi connectivity index (χ3n) is 3.35. The first-order chi connectivity index (χ1) is 11.1. The van der Waals surface area contributed by atoms with E-state index in [9.17, 15) is 14.3 Å². The number of hydrogen-bond donors (Lipinski definition) is 1. The van der Waals surface area contributed by atoms with Crippen LogP contribution in [0.5, 0.6) is 11.5 Å². The molecule has 0 radical (unpaired) electrons. The first-order valence-corrected chi connectivity index (χ1v) is 7.07. The van der Waals surface area contributed by atoms with Crippen molar-refractivity contribution in [2.75, 3.05) is 13.7 Å². The lowest BCUT2D eigenvalue weighted by molar-refractivity contribution is 0.0754. The van der Waals surface area contributed by atoms with Crippen LogP contribution >= 0.6 is 0 Å². The molecular formula is C18H18FNO3. The molecule has 1 N–H and O–H groups in total. The van der Waals surface area contributed by atoms with E-state index in [0.29, 0.717) is 5.75 Å². The molecule has 2 aromatic rings. The minimum atomic E-state index is -0.755. The van der Waals surface area contributed by atoms with E-state index in [4.69, 9.17) is 4.74 Å². The molecule has 0 bridgehead atoms. The van der Waals surface area contributed by atoms with Crippen molar-refractivity contribution in [3.8, 4) is 11.5 Å². The zero-order chi connectivity index (χ0) is 16.8. The molecule has 0 unspecified atom stereocenters. The second-order valence-electron chi connectivity index (χ2n) is 4.96. The van der Waals surface area contributed by atoms with Crippen molar-refractivity contribution >= 4 is 5.91 Å². The van der Waals surface area contributed by atoms with Crippen LogP contribution < -0.4 is 4.74 Å². The Hall–Kier alpha value is -2.82. The van der Waals surface area contributed by atoms with Crippen LogP contribution in [0.25, 0.3) is 0 Å². The van der Waals surface area contributed by atoms with E-state index in [1.807, 2.05) is 12.1 Å². The number of phenols is 1. The monoisotopic (exact) mass is 315 g/mol. The van der Waals surface area contributed by atoms with Crippen molar-refractivity contribution in [3.63, 3.8) is 0 Å². The summed E-state index contributed by atoms with van der Waals surface area (Å²) in [6, 6.07) is 11.0. The first kappa shape index (κ1) is 16.5. The Morgan fingerprint density at radius 3 is 2.74 bits per heavy atom. The summed E-state index contributed by atoms with van der Waals surface area (Å²) in [5.74, 6) is -1.06. The van der Waals surface area contributed by atoms with E-state index in [1.165, 1.54) is 17.0 Å². The van der Waals surface area contributed by atoms with Gasteiger partial charge in [0.1, 0.15) is 22.9 Å². The minimum absolute atomic E-state index is 0.226. The fraction of sp³-hybridized carbons (Fsp3) is 0.167. The minimum Gasteiger partial charge on any atom is -0.507 e. The predicted octanol–water partition coefficient (Wildman–Crippen LogP) is 3.37. The molecule has 4 nitrogen and oxygen atoms in total. The van der Waals surface area contributed by atoms with Gasteiger partial charge >= 0.3 is 0 Å². The zero-order valence-corrected chi connectivity index (χ0v) is 12.8. The van der Waals surface area contributed by atoms with Gasteiger partial charge in [0.05, 0.1) is 7.11 Å². The smallest absolute Gasteiger partial charge is 0.261 e. The topological polar surface area (TPSA) is 49.8 Å². The molecule has 2 aromatic carbocycles. The Balaban J connectivity index is 2.30. The highest BCUT2D eigenvalue weighted by molar-refractivity contribution is 5.97. The molecular weight excluding hydrogens is 297 g/mol. The van der Waals surface area contributed by atoms with Gasteiger partial charge in [0.15, 0.2) is 0 Å². The summed E-state index contributed by atoms with van der Waals surface area (Å²) in [5, 5.41) is 9.79. The van der Waals surface area contributed by atoms with Gasteiger partial charge in [-0.3, -0.25) is 4.79 Å². The van der Waals surface area contributed by atoms with Gasteiger partial charge in [0.25, 0.3) is 5.91 Å². The summed E-state index contributed by atoms with van der Waals surface area (Å²) in [7, 11) is 1.56. The maximum absolute atomic E-state index is 13.9. The third kappa shape index (κ3) is 3.88. The van der Waals surface area contributed by atoms with Crippen LogP contribution in [-0.4, -0.2) is 29.6 Å². The number of nitrogens with zero attached hydrogens (tertiary/aromatic N) is 1. The first-order valence-electron chi connectivity index (χ1n) is 7.07. The van der Waals surface area contributed by atoms with Crippen LogP contribution in [0.2, 0.25) is 0 Å². The Bertz CT molecular complexity index is 695. The normalized spacial score (nSPS) is 10.2. The van der Waals surface area contributed by atoms with Crippen LogP contribution in [0.1, 0.15) is 15.9 Å². The van der Waals surface area contributed by atoms with Crippen molar-refractivity contribution in [3.05, 3.63) is 72.1 Å². The Labute approximate surface area is 134 Å². The Morgan fingerprint density at radius 1 is 1.35 bits per heavy atom. The van der Waals surface area contributed by atoms with Gasteiger partial charge in [0, 0.05) is 13.1 Å². The van der Waals surface area contributed by atoms with E-state index in [-0.39, 0.29) is 24.4 Å². The van der Waals surface area contributed by atoms with Crippen molar-refractivity contribution in [2.24, 2.45) is 0 Å². The molecule has 2 rings (SSSR count). The standard InChI is InChI=1S/C18H18FNO3/c1-3-10-20(12-13-6-4-7-14(11-13)23-2)18(22)17-15(19)8-5-9-16(17)21/h3-9,11,21H,1,10,12H2,2H3. The van der Waals surface area contributed by atoms with E-state index in [1.54, 1.807) is 25.3 Å². The van der Waals surface area contributed by atoms with Crippen molar-refractivity contribution in [1.82, 2.24) is 4.90 Å². The number of halogens is 1. The molecule has 0 aromatic heterocycles. The highest BCUT2D eigenvalue weighted by Crippen LogP contribution is 2.23. The van der Waals surface area contributed by atoms with Crippen LogP contribution in [0, 0.1) is 5.82 Å². The molecule has 0 aliphatic carbocycles. The number of phenolic OH excluding ortho intramolecular Hbond substituents is 1. The van der Waals surface area contributed by atoms with Crippen molar-refractivity contribution in [1.29, 1.82) is 0 Å². The lowest BCUT2D eigenvalue weighted by atomic mass is 10.1. The lowest BCUT2D eigenvalue weighted by Crippen LogP contribution is -2.31. The Kier molecular flexibility index (Phi) is 5.36. The second-order valence-corrected chi connectivity index (χ2v) is 4.96. The molecule has 23 heavy (non-hydrogen) atoms. The number of hydrogen-bond acceptors (Lipinski definition) is 3. The molecule has 0 fully saturated rings. The maximum atomic E-state index is 13.9. The van der Waals surface area contributed by atoms with Gasteiger partial charge in [-0.15, -0.1) is 6.58 Å². The summed E-state index contributed by atoms with van der Waals surface area (Å²) in [6.45, 7) is 4.09. The number of carbonyl (C=O) groups excluding carboxylic acids is 1. The molecule has 0 aliphatic rings. The summed E-state index contributed by atoms with van der Waals surface area (Å²) in [6.07, 6.45) is 1.55.